The summed E-state index contributed by atoms with van der Waals surface area (Å²) in [6.07, 6.45) is 0.544. The van der Waals surface area contributed by atoms with Crippen molar-refractivity contribution in [1.82, 2.24) is 5.32 Å². The maximum Gasteiger partial charge on any atom is 0.407 e. The quantitative estimate of drug-likeness (QED) is 0.849. The summed E-state index contributed by atoms with van der Waals surface area (Å²) in [4.78, 5) is 22.9. The molecule has 0 fully saturated rings. The Morgan fingerprint density at radius 2 is 1.73 bits per heavy atom. The highest BCUT2D eigenvalue weighted by Crippen LogP contribution is 2.10. The SMILES string of the molecule is COC(=O)Cc1ccc(C[C@@H](C)NC(=O)OC(C)(C)C)cc1.[HH]. The van der Waals surface area contributed by atoms with E-state index in [-0.39, 0.29) is 19.9 Å². The number of nitrogens with one attached hydrogen (secondary N) is 1. The fourth-order valence-corrected chi connectivity index (χ4v) is 1.95. The van der Waals surface area contributed by atoms with Crippen LogP contribution in [0.5, 0.6) is 0 Å². The topological polar surface area (TPSA) is 64.6 Å². The molecule has 0 aromatic heterocycles. The van der Waals surface area contributed by atoms with Crippen LogP contribution in [0.2, 0.25) is 0 Å². The lowest BCUT2D eigenvalue weighted by Gasteiger charge is -2.22. The number of amides is 1. The third kappa shape index (κ3) is 7.11. The van der Waals surface area contributed by atoms with E-state index in [1.54, 1.807) is 0 Å². The van der Waals surface area contributed by atoms with E-state index in [0.717, 1.165) is 11.1 Å². The molecule has 0 saturated heterocycles. The van der Waals surface area contributed by atoms with Gasteiger partial charge in [-0.2, -0.15) is 0 Å². The Morgan fingerprint density at radius 1 is 1.18 bits per heavy atom. The Balaban J connectivity index is 0.00000484. The summed E-state index contributed by atoms with van der Waals surface area (Å²) in [5.41, 5.74) is 1.49. The zero-order valence-corrected chi connectivity index (χ0v) is 13.9. The number of esters is 1. The van der Waals surface area contributed by atoms with E-state index in [4.69, 9.17) is 4.74 Å². The molecular formula is C17H27NO4. The molecule has 1 atom stereocenters. The van der Waals surface area contributed by atoms with Crippen molar-refractivity contribution in [3.63, 3.8) is 0 Å². The molecule has 1 aromatic carbocycles. The third-order valence-corrected chi connectivity index (χ3v) is 2.90. The molecule has 0 aliphatic carbocycles. The van der Waals surface area contributed by atoms with E-state index >= 15 is 0 Å². The fraction of sp³-hybridized carbons (Fsp3) is 0.529. The van der Waals surface area contributed by atoms with Crippen LogP contribution in [0.15, 0.2) is 24.3 Å². The summed E-state index contributed by atoms with van der Waals surface area (Å²) in [7, 11) is 1.38. The molecule has 124 valence electrons. The van der Waals surface area contributed by atoms with Crippen molar-refractivity contribution in [2.75, 3.05) is 7.11 Å². The molecule has 1 N–H and O–H groups in total. The Hall–Kier alpha value is -2.04. The van der Waals surface area contributed by atoms with Crippen molar-refractivity contribution in [2.24, 2.45) is 0 Å². The minimum Gasteiger partial charge on any atom is -0.469 e. The van der Waals surface area contributed by atoms with Gasteiger partial charge in [0.15, 0.2) is 0 Å². The summed E-state index contributed by atoms with van der Waals surface area (Å²) in [5.74, 6) is -0.257. The molecule has 1 rings (SSSR count). The van der Waals surface area contributed by atoms with Gasteiger partial charge in [-0.15, -0.1) is 0 Å². The number of carbonyl (C=O) groups excluding carboxylic acids is 2. The monoisotopic (exact) mass is 309 g/mol. The molecule has 0 bridgehead atoms. The average molecular weight is 309 g/mol. The summed E-state index contributed by atoms with van der Waals surface area (Å²) >= 11 is 0. The van der Waals surface area contributed by atoms with Crippen molar-refractivity contribution in [3.8, 4) is 0 Å². The van der Waals surface area contributed by atoms with Gasteiger partial charge in [0, 0.05) is 7.47 Å². The van der Waals surface area contributed by atoms with E-state index < -0.39 is 11.7 Å². The van der Waals surface area contributed by atoms with Crippen LogP contribution in [0.4, 0.5) is 4.79 Å². The van der Waals surface area contributed by atoms with Crippen molar-refractivity contribution in [2.45, 2.75) is 52.2 Å². The Kier molecular flexibility index (Phi) is 6.40. The van der Waals surface area contributed by atoms with Crippen molar-refractivity contribution in [1.29, 1.82) is 0 Å². The molecule has 0 saturated carbocycles. The third-order valence-electron chi connectivity index (χ3n) is 2.90. The summed E-state index contributed by atoms with van der Waals surface area (Å²) in [5, 5.41) is 2.81. The number of methoxy groups -OCH3 is 1. The molecule has 0 aliphatic rings. The maximum absolute atomic E-state index is 11.7. The van der Waals surface area contributed by atoms with Gasteiger partial charge >= 0.3 is 12.1 Å². The lowest BCUT2D eigenvalue weighted by atomic mass is 10.0. The first kappa shape index (κ1) is 18.0. The first-order chi connectivity index (χ1) is 10.2. The van der Waals surface area contributed by atoms with Crippen LogP contribution in [-0.2, 0) is 27.1 Å². The lowest BCUT2D eigenvalue weighted by molar-refractivity contribution is -0.139. The van der Waals surface area contributed by atoms with Gasteiger partial charge in [0.2, 0.25) is 0 Å². The number of hydrogen-bond donors (Lipinski definition) is 1. The van der Waals surface area contributed by atoms with Gasteiger partial charge in [0.1, 0.15) is 5.60 Å². The molecular weight excluding hydrogens is 282 g/mol. The van der Waals surface area contributed by atoms with Crippen molar-refractivity contribution in [3.05, 3.63) is 35.4 Å². The van der Waals surface area contributed by atoms with Gasteiger partial charge in [-0.25, -0.2) is 4.79 Å². The van der Waals surface area contributed by atoms with Crippen LogP contribution in [0.3, 0.4) is 0 Å². The first-order valence-corrected chi connectivity index (χ1v) is 7.34. The average Bonchev–Trinajstić information content (AvgIpc) is 2.38. The second kappa shape index (κ2) is 7.82. The van der Waals surface area contributed by atoms with E-state index in [0.29, 0.717) is 6.42 Å². The van der Waals surface area contributed by atoms with Crippen molar-refractivity contribution >= 4 is 12.1 Å². The number of carbonyl (C=O) groups is 2. The molecule has 0 radical (unpaired) electrons. The molecule has 5 heteroatoms. The minimum atomic E-state index is -0.501. The molecule has 0 heterocycles. The minimum absolute atomic E-state index is 0. The highest BCUT2D eigenvalue weighted by atomic mass is 16.6. The van der Waals surface area contributed by atoms with E-state index in [2.05, 4.69) is 10.1 Å². The molecule has 0 unspecified atom stereocenters. The van der Waals surface area contributed by atoms with Gasteiger partial charge in [0.25, 0.3) is 0 Å². The maximum atomic E-state index is 11.7. The second-order valence-corrected chi connectivity index (χ2v) is 6.32. The molecule has 5 nitrogen and oxygen atoms in total. The predicted molar refractivity (Wildman–Crippen MR) is 86.8 cm³/mol. The van der Waals surface area contributed by atoms with Crippen LogP contribution in [0, 0.1) is 0 Å². The van der Waals surface area contributed by atoms with Crippen LogP contribution in [-0.4, -0.2) is 30.8 Å². The number of hydrogen-bond acceptors (Lipinski definition) is 4. The Labute approximate surface area is 133 Å². The van der Waals surface area contributed by atoms with Gasteiger partial charge in [0.05, 0.1) is 13.5 Å². The van der Waals surface area contributed by atoms with Crippen LogP contribution in [0.1, 0.15) is 40.2 Å². The van der Waals surface area contributed by atoms with E-state index in [1.165, 1.54) is 7.11 Å². The standard InChI is InChI=1S/C17H25NO4.H2/c1-12(18-16(20)22-17(2,3)4)10-13-6-8-14(9-7-13)11-15(19)21-5;/h6-9,12H,10-11H2,1-5H3,(H,18,20);1H/t12-;/m1./s1. The molecule has 1 amide bonds. The van der Waals surface area contributed by atoms with Crippen LogP contribution < -0.4 is 5.32 Å². The van der Waals surface area contributed by atoms with E-state index in [1.807, 2.05) is 52.0 Å². The predicted octanol–water partition coefficient (Wildman–Crippen LogP) is 3.10. The van der Waals surface area contributed by atoms with Crippen LogP contribution >= 0.6 is 0 Å². The number of alkyl carbamates (subject to hydrolysis) is 1. The molecule has 0 aliphatic heterocycles. The van der Waals surface area contributed by atoms with Gasteiger partial charge in [-0.05, 0) is 45.2 Å². The Morgan fingerprint density at radius 3 is 2.23 bits per heavy atom. The zero-order valence-electron chi connectivity index (χ0n) is 13.9. The summed E-state index contributed by atoms with van der Waals surface area (Å²) in [6, 6.07) is 7.65. The fourth-order valence-electron chi connectivity index (χ4n) is 1.95. The van der Waals surface area contributed by atoms with Gasteiger partial charge < -0.3 is 14.8 Å². The van der Waals surface area contributed by atoms with Gasteiger partial charge in [-0.3, -0.25) is 4.79 Å². The highest BCUT2D eigenvalue weighted by Gasteiger charge is 2.17. The Bertz CT molecular complexity index is 508. The largest absolute Gasteiger partial charge is 0.469 e. The summed E-state index contributed by atoms with van der Waals surface area (Å²) < 4.78 is 9.85. The van der Waals surface area contributed by atoms with Gasteiger partial charge in [-0.1, -0.05) is 24.3 Å². The smallest absolute Gasteiger partial charge is 0.407 e. The normalized spacial score (nSPS) is 12.4. The van der Waals surface area contributed by atoms with Crippen molar-refractivity contribution < 1.29 is 20.5 Å². The summed E-state index contributed by atoms with van der Waals surface area (Å²) in [6.45, 7) is 7.41. The molecule has 0 spiro atoms. The zero-order chi connectivity index (χ0) is 16.8. The number of ether oxygens (including phenoxy) is 2. The number of rotatable bonds is 5. The molecule has 22 heavy (non-hydrogen) atoms. The highest BCUT2D eigenvalue weighted by molar-refractivity contribution is 5.72. The van der Waals surface area contributed by atoms with Crippen LogP contribution in [0.25, 0.3) is 0 Å². The second-order valence-electron chi connectivity index (χ2n) is 6.32. The van der Waals surface area contributed by atoms with E-state index in [9.17, 15) is 9.59 Å². The number of benzene rings is 1. The molecule has 1 aromatic rings. The lowest BCUT2D eigenvalue weighted by Crippen LogP contribution is -2.38. The first-order valence-electron chi connectivity index (χ1n) is 7.34.